The third-order valence-electron chi connectivity index (χ3n) is 5.99. The zero-order valence-corrected chi connectivity index (χ0v) is 15.7. The Morgan fingerprint density at radius 3 is 2.44 bits per heavy atom. The molecule has 0 spiro atoms. The van der Waals surface area contributed by atoms with Crippen LogP contribution in [0.5, 0.6) is 0 Å². The van der Waals surface area contributed by atoms with Crippen LogP contribution in [-0.2, 0) is 4.79 Å². The van der Waals surface area contributed by atoms with Gasteiger partial charge in [0.25, 0.3) is 0 Å². The molecule has 1 saturated carbocycles. The summed E-state index contributed by atoms with van der Waals surface area (Å²) in [5.41, 5.74) is 2.20. The Hall–Kier alpha value is -1.55. The monoisotopic (exact) mass is 344 g/mol. The minimum absolute atomic E-state index is 0.165. The summed E-state index contributed by atoms with van der Waals surface area (Å²) in [5, 5.41) is 3.07. The molecule has 2 N–H and O–H groups in total. The Balaban J connectivity index is 1.43. The SMILES string of the molecule is CC[NH+]1CCN(c2ccc(NC(=O)CCC3CCCCC3)cc2)CC1. The lowest BCUT2D eigenvalue weighted by Gasteiger charge is -2.33. The Labute approximate surface area is 152 Å². The maximum atomic E-state index is 12.2. The lowest BCUT2D eigenvalue weighted by atomic mass is 9.86. The van der Waals surface area contributed by atoms with Crippen molar-refractivity contribution in [2.24, 2.45) is 5.92 Å². The number of nitrogens with one attached hydrogen (secondary N) is 2. The van der Waals surface area contributed by atoms with Crippen LogP contribution in [0.3, 0.4) is 0 Å². The molecule has 4 nitrogen and oxygen atoms in total. The molecule has 0 aromatic heterocycles. The van der Waals surface area contributed by atoms with Gasteiger partial charge in [0, 0.05) is 17.8 Å². The van der Waals surface area contributed by atoms with Crippen LogP contribution in [0.1, 0.15) is 51.9 Å². The van der Waals surface area contributed by atoms with Gasteiger partial charge in [0.15, 0.2) is 0 Å². The van der Waals surface area contributed by atoms with Gasteiger partial charge in [-0.05, 0) is 43.5 Å². The molecule has 25 heavy (non-hydrogen) atoms. The molecule has 1 aromatic carbocycles. The van der Waals surface area contributed by atoms with Gasteiger partial charge in [0.2, 0.25) is 5.91 Å². The zero-order chi connectivity index (χ0) is 17.5. The van der Waals surface area contributed by atoms with Crippen molar-refractivity contribution in [3.05, 3.63) is 24.3 Å². The molecule has 2 aliphatic rings. The third-order valence-corrected chi connectivity index (χ3v) is 5.99. The first-order valence-corrected chi connectivity index (χ1v) is 10.2. The van der Waals surface area contributed by atoms with Gasteiger partial charge < -0.3 is 15.1 Å². The number of benzene rings is 1. The molecule has 3 rings (SSSR count). The van der Waals surface area contributed by atoms with E-state index in [1.807, 2.05) is 12.1 Å². The average Bonchev–Trinajstić information content (AvgIpc) is 2.68. The van der Waals surface area contributed by atoms with Crippen molar-refractivity contribution in [2.75, 3.05) is 42.9 Å². The summed E-state index contributed by atoms with van der Waals surface area (Å²) in [6.07, 6.45) is 8.42. The van der Waals surface area contributed by atoms with E-state index in [-0.39, 0.29) is 5.91 Å². The molecule has 1 saturated heterocycles. The van der Waals surface area contributed by atoms with Crippen molar-refractivity contribution in [3.63, 3.8) is 0 Å². The lowest BCUT2D eigenvalue weighted by molar-refractivity contribution is -0.898. The summed E-state index contributed by atoms with van der Waals surface area (Å²) in [5.74, 6) is 0.935. The van der Waals surface area contributed by atoms with Crippen molar-refractivity contribution in [3.8, 4) is 0 Å². The maximum absolute atomic E-state index is 12.2. The number of rotatable bonds is 6. The number of piperazine rings is 1. The summed E-state index contributed by atoms with van der Waals surface area (Å²) < 4.78 is 0. The van der Waals surface area contributed by atoms with Gasteiger partial charge >= 0.3 is 0 Å². The van der Waals surface area contributed by atoms with Gasteiger partial charge in [-0.2, -0.15) is 0 Å². The first kappa shape index (κ1) is 18.2. The highest BCUT2D eigenvalue weighted by Crippen LogP contribution is 2.27. The molecular weight excluding hydrogens is 310 g/mol. The van der Waals surface area contributed by atoms with E-state index in [0.29, 0.717) is 6.42 Å². The highest BCUT2D eigenvalue weighted by Gasteiger charge is 2.18. The van der Waals surface area contributed by atoms with Crippen molar-refractivity contribution in [1.82, 2.24) is 0 Å². The number of hydrogen-bond acceptors (Lipinski definition) is 2. The van der Waals surface area contributed by atoms with E-state index in [1.165, 1.54) is 57.4 Å². The van der Waals surface area contributed by atoms with E-state index >= 15 is 0 Å². The molecule has 1 aromatic rings. The molecule has 1 aliphatic carbocycles. The average molecular weight is 345 g/mol. The first-order valence-electron chi connectivity index (χ1n) is 10.2. The second kappa shape index (κ2) is 9.23. The standard InChI is InChI=1S/C21H33N3O/c1-2-23-14-16-24(17-15-23)20-11-9-19(10-12-20)22-21(25)13-8-18-6-4-3-5-7-18/h9-12,18H,2-8,13-17H2,1H3,(H,22,25)/p+1. The lowest BCUT2D eigenvalue weighted by Crippen LogP contribution is -3.14. The molecule has 138 valence electrons. The predicted molar refractivity (Wildman–Crippen MR) is 104 cm³/mol. The van der Waals surface area contributed by atoms with Crippen LogP contribution in [0.15, 0.2) is 24.3 Å². The second-order valence-electron chi connectivity index (χ2n) is 7.73. The molecule has 0 bridgehead atoms. The molecule has 0 unspecified atom stereocenters. The Bertz CT molecular complexity index is 529. The van der Waals surface area contributed by atoms with E-state index < -0.39 is 0 Å². The topological polar surface area (TPSA) is 36.8 Å². The van der Waals surface area contributed by atoms with Crippen LogP contribution in [-0.4, -0.2) is 38.6 Å². The normalized spacial score (nSPS) is 19.8. The number of hydrogen-bond donors (Lipinski definition) is 2. The highest BCUT2D eigenvalue weighted by molar-refractivity contribution is 5.90. The Kier molecular flexibility index (Phi) is 6.74. The minimum atomic E-state index is 0.165. The van der Waals surface area contributed by atoms with E-state index in [1.54, 1.807) is 4.90 Å². The number of amides is 1. The smallest absolute Gasteiger partial charge is 0.224 e. The summed E-state index contributed by atoms with van der Waals surface area (Å²) in [4.78, 5) is 16.3. The number of nitrogens with zero attached hydrogens (tertiary/aromatic N) is 1. The number of anilines is 2. The number of quaternary nitrogens is 1. The fourth-order valence-electron chi connectivity index (χ4n) is 4.22. The first-order chi connectivity index (χ1) is 12.2. The summed E-state index contributed by atoms with van der Waals surface area (Å²) in [6, 6.07) is 8.39. The van der Waals surface area contributed by atoms with Crippen LogP contribution in [0.25, 0.3) is 0 Å². The van der Waals surface area contributed by atoms with Crippen LogP contribution in [0, 0.1) is 5.92 Å². The summed E-state index contributed by atoms with van der Waals surface area (Å²) in [6.45, 7) is 8.16. The summed E-state index contributed by atoms with van der Waals surface area (Å²) >= 11 is 0. The van der Waals surface area contributed by atoms with Gasteiger partial charge in [0.1, 0.15) is 0 Å². The van der Waals surface area contributed by atoms with E-state index in [9.17, 15) is 4.79 Å². The van der Waals surface area contributed by atoms with Crippen LogP contribution >= 0.6 is 0 Å². The van der Waals surface area contributed by atoms with Crippen LogP contribution < -0.4 is 15.1 Å². The number of likely N-dealkylation sites (N-methyl/N-ethyl adjacent to an activating group) is 1. The van der Waals surface area contributed by atoms with Gasteiger partial charge in [-0.1, -0.05) is 32.1 Å². The van der Waals surface area contributed by atoms with Gasteiger partial charge in [0.05, 0.1) is 32.7 Å². The zero-order valence-electron chi connectivity index (χ0n) is 15.7. The molecule has 1 amide bonds. The molecule has 0 radical (unpaired) electrons. The fraction of sp³-hybridized carbons (Fsp3) is 0.667. The minimum Gasteiger partial charge on any atom is -0.360 e. The number of carbonyl (C=O) groups excluding carboxylic acids is 1. The Morgan fingerprint density at radius 1 is 1.12 bits per heavy atom. The fourth-order valence-corrected chi connectivity index (χ4v) is 4.22. The molecule has 4 heteroatoms. The molecule has 0 atom stereocenters. The van der Waals surface area contributed by atoms with Crippen molar-refractivity contribution in [1.29, 1.82) is 0 Å². The van der Waals surface area contributed by atoms with E-state index in [2.05, 4.69) is 29.3 Å². The van der Waals surface area contributed by atoms with Gasteiger partial charge in [-0.25, -0.2) is 0 Å². The molecule has 1 aliphatic heterocycles. The second-order valence-corrected chi connectivity index (χ2v) is 7.73. The molecular formula is C21H34N3O+. The predicted octanol–water partition coefficient (Wildman–Crippen LogP) is 2.71. The highest BCUT2D eigenvalue weighted by atomic mass is 16.1. The molecule has 2 fully saturated rings. The van der Waals surface area contributed by atoms with Crippen molar-refractivity contribution in [2.45, 2.75) is 51.9 Å². The summed E-state index contributed by atoms with van der Waals surface area (Å²) in [7, 11) is 0. The third kappa shape index (κ3) is 5.46. The number of carbonyl (C=O) groups is 1. The largest absolute Gasteiger partial charge is 0.360 e. The Morgan fingerprint density at radius 2 is 1.80 bits per heavy atom. The van der Waals surface area contributed by atoms with Crippen LogP contribution in [0.4, 0.5) is 11.4 Å². The van der Waals surface area contributed by atoms with Crippen LogP contribution in [0.2, 0.25) is 0 Å². The van der Waals surface area contributed by atoms with E-state index in [0.717, 1.165) is 31.1 Å². The molecule has 1 heterocycles. The van der Waals surface area contributed by atoms with Crippen molar-refractivity contribution >= 4 is 17.3 Å². The van der Waals surface area contributed by atoms with Gasteiger partial charge in [-0.3, -0.25) is 4.79 Å². The maximum Gasteiger partial charge on any atom is 0.224 e. The van der Waals surface area contributed by atoms with E-state index in [4.69, 9.17) is 0 Å². The van der Waals surface area contributed by atoms with Crippen molar-refractivity contribution < 1.29 is 9.69 Å². The quantitative estimate of drug-likeness (QED) is 0.832. The van der Waals surface area contributed by atoms with Gasteiger partial charge in [-0.15, -0.1) is 0 Å².